The van der Waals surface area contributed by atoms with Crippen molar-refractivity contribution < 1.29 is 22.7 Å². The molecule has 3 aliphatic heterocycles. The number of amides is 1. The van der Waals surface area contributed by atoms with Crippen molar-refractivity contribution in [2.45, 2.75) is 43.0 Å². The zero-order chi connectivity index (χ0) is 21.1. The van der Waals surface area contributed by atoms with Crippen LogP contribution in [0.15, 0.2) is 47.4 Å². The Morgan fingerprint density at radius 2 is 1.70 bits per heavy atom. The Labute approximate surface area is 176 Å². The largest absolute Gasteiger partial charge is 0.454 e. The number of anilines is 1. The van der Waals surface area contributed by atoms with Crippen LogP contribution in [0.25, 0.3) is 0 Å². The van der Waals surface area contributed by atoms with Gasteiger partial charge in [0, 0.05) is 30.9 Å². The van der Waals surface area contributed by atoms with E-state index in [1.54, 1.807) is 12.1 Å². The van der Waals surface area contributed by atoms with Gasteiger partial charge in [-0.1, -0.05) is 18.2 Å². The van der Waals surface area contributed by atoms with Crippen molar-refractivity contribution in [2.24, 2.45) is 0 Å². The van der Waals surface area contributed by atoms with Gasteiger partial charge in [0.05, 0.1) is 10.3 Å². The molecule has 30 heavy (non-hydrogen) atoms. The quantitative estimate of drug-likeness (QED) is 0.751. The van der Waals surface area contributed by atoms with Gasteiger partial charge in [-0.05, 0) is 50.5 Å². The van der Waals surface area contributed by atoms with E-state index in [1.807, 2.05) is 43.0 Å². The number of nitrogens with zero attached hydrogens (tertiary/aromatic N) is 2. The summed E-state index contributed by atoms with van der Waals surface area (Å²) in [5, 5.41) is 0. The van der Waals surface area contributed by atoms with Gasteiger partial charge in [0.2, 0.25) is 22.7 Å². The van der Waals surface area contributed by atoms with E-state index in [1.165, 1.54) is 10.4 Å². The van der Waals surface area contributed by atoms with Crippen LogP contribution >= 0.6 is 0 Å². The van der Waals surface area contributed by atoms with E-state index in [4.69, 9.17) is 9.47 Å². The molecule has 0 saturated carbocycles. The van der Waals surface area contributed by atoms with E-state index in [9.17, 15) is 13.2 Å². The van der Waals surface area contributed by atoms with Crippen LogP contribution in [-0.2, 0) is 20.2 Å². The van der Waals surface area contributed by atoms with Crippen LogP contribution in [0.2, 0.25) is 0 Å². The second kappa shape index (κ2) is 6.72. The predicted octanol–water partition coefficient (Wildman–Crippen LogP) is 2.89. The topological polar surface area (TPSA) is 76.2 Å². The summed E-state index contributed by atoms with van der Waals surface area (Å²) in [5.41, 5.74) is 1.42. The maximum Gasteiger partial charge on any atom is 0.243 e. The minimum atomic E-state index is -3.63. The lowest BCUT2D eigenvalue weighted by atomic mass is 9.86. The van der Waals surface area contributed by atoms with Gasteiger partial charge in [-0.15, -0.1) is 0 Å². The van der Waals surface area contributed by atoms with Crippen LogP contribution in [0.1, 0.15) is 32.3 Å². The number of hydrogen-bond donors (Lipinski definition) is 0. The maximum absolute atomic E-state index is 13.2. The van der Waals surface area contributed by atoms with Gasteiger partial charge in [-0.3, -0.25) is 4.79 Å². The summed E-state index contributed by atoms with van der Waals surface area (Å²) in [6, 6.07) is 12.6. The lowest BCUT2D eigenvalue weighted by Crippen LogP contribution is -2.49. The fourth-order valence-electron chi connectivity index (χ4n) is 4.63. The van der Waals surface area contributed by atoms with Crippen LogP contribution in [0, 0.1) is 0 Å². The first-order chi connectivity index (χ1) is 14.3. The van der Waals surface area contributed by atoms with Crippen LogP contribution in [-0.4, -0.2) is 44.6 Å². The molecule has 2 aromatic rings. The average molecular weight is 429 g/mol. The van der Waals surface area contributed by atoms with E-state index in [0.717, 1.165) is 11.3 Å². The smallest absolute Gasteiger partial charge is 0.243 e. The van der Waals surface area contributed by atoms with Gasteiger partial charge in [-0.2, -0.15) is 4.31 Å². The van der Waals surface area contributed by atoms with Crippen LogP contribution in [0.3, 0.4) is 0 Å². The lowest BCUT2D eigenvalue weighted by Gasteiger charge is -2.37. The summed E-state index contributed by atoms with van der Waals surface area (Å²) in [6.45, 7) is 4.74. The van der Waals surface area contributed by atoms with Gasteiger partial charge in [-0.25, -0.2) is 8.42 Å². The predicted molar refractivity (Wildman–Crippen MR) is 111 cm³/mol. The minimum absolute atomic E-state index is 0.0105. The minimum Gasteiger partial charge on any atom is -0.454 e. The molecule has 0 aromatic heterocycles. The fraction of sp³-hybridized carbons (Fsp3) is 0.409. The highest BCUT2D eigenvalue weighted by Crippen LogP contribution is 2.44. The van der Waals surface area contributed by atoms with Gasteiger partial charge < -0.3 is 14.4 Å². The van der Waals surface area contributed by atoms with E-state index in [0.29, 0.717) is 37.4 Å². The molecule has 2 aromatic carbocycles. The van der Waals surface area contributed by atoms with E-state index < -0.39 is 15.4 Å². The lowest BCUT2D eigenvalue weighted by molar-refractivity contribution is -0.122. The zero-order valence-electron chi connectivity index (χ0n) is 17.0. The molecule has 0 bridgehead atoms. The molecule has 0 spiro atoms. The second-order valence-electron chi connectivity index (χ2n) is 8.47. The SMILES string of the molecule is CC1(C)C(=O)N(C2CCN(S(=O)(=O)c3ccc4c(c3)OCO4)CC2)c2ccccc21. The van der Waals surface area contributed by atoms with Crippen molar-refractivity contribution >= 4 is 21.6 Å². The molecule has 158 valence electrons. The number of carbonyl (C=O) groups excluding carboxylic acids is 1. The van der Waals surface area contributed by atoms with Crippen molar-refractivity contribution in [3.8, 4) is 11.5 Å². The third-order valence-electron chi connectivity index (χ3n) is 6.36. The Balaban J connectivity index is 1.35. The Kier molecular flexibility index (Phi) is 4.34. The molecular weight excluding hydrogens is 404 g/mol. The normalized spacial score (nSPS) is 21.1. The fourth-order valence-corrected chi connectivity index (χ4v) is 6.11. The van der Waals surface area contributed by atoms with Crippen molar-refractivity contribution in [3.05, 3.63) is 48.0 Å². The van der Waals surface area contributed by atoms with Crippen molar-refractivity contribution in [1.82, 2.24) is 4.31 Å². The molecule has 1 amide bonds. The molecule has 1 saturated heterocycles. The van der Waals surface area contributed by atoms with Crippen molar-refractivity contribution in [3.63, 3.8) is 0 Å². The van der Waals surface area contributed by atoms with Gasteiger partial charge in [0.15, 0.2) is 11.5 Å². The molecule has 3 aliphatic rings. The molecule has 0 radical (unpaired) electrons. The highest BCUT2D eigenvalue weighted by atomic mass is 32.2. The molecule has 0 aliphatic carbocycles. The summed E-state index contributed by atoms with van der Waals surface area (Å²) < 4.78 is 38.3. The molecular formula is C22H24N2O5S. The Bertz CT molecular complexity index is 1120. The van der Waals surface area contributed by atoms with Gasteiger partial charge in [0.25, 0.3) is 0 Å². The van der Waals surface area contributed by atoms with Crippen LogP contribution in [0.4, 0.5) is 5.69 Å². The zero-order valence-corrected chi connectivity index (χ0v) is 17.8. The summed E-state index contributed by atoms with van der Waals surface area (Å²) in [5.74, 6) is 1.09. The molecule has 8 heteroatoms. The first-order valence-corrected chi connectivity index (χ1v) is 11.6. The molecule has 7 nitrogen and oxygen atoms in total. The summed E-state index contributed by atoms with van der Waals surface area (Å²) in [6.07, 6.45) is 1.19. The van der Waals surface area contributed by atoms with Gasteiger partial charge >= 0.3 is 0 Å². The summed E-state index contributed by atoms with van der Waals surface area (Å²) in [4.78, 5) is 15.3. The average Bonchev–Trinajstić information content (AvgIpc) is 3.29. The first kappa shape index (κ1) is 19.4. The molecule has 0 N–H and O–H groups in total. The number of fused-ring (bicyclic) bond motifs is 2. The molecule has 0 unspecified atom stereocenters. The molecule has 0 atom stereocenters. The third kappa shape index (κ3) is 2.81. The van der Waals surface area contributed by atoms with Gasteiger partial charge in [0.1, 0.15) is 0 Å². The molecule has 5 rings (SSSR count). The number of ether oxygens (including phenoxy) is 2. The highest BCUT2D eigenvalue weighted by molar-refractivity contribution is 7.89. The standard InChI is InChI=1S/C22H24N2O5S/c1-22(2)17-5-3-4-6-18(17)24(21(22)25)15-9-11-23(12-10-15)30(26,27)16-7-8-19-20(13-16)29-14-28-19/h3-8,13,15H,9-12,14H2,1-2H3. The maximum atomic E-state index is 13.2. The number of piperidine rings is 1. The number of benzene rings is 2. The Hall–Kier alpha value is -2.58. The number of hydrogen-bond acceptors (Lipinski definition) is 5. The molecule has 1 fully saturated rings. The highest BCUT2D eigenvalue weighted by Gasteiger charge is 2.47. The van der Waals surface area contributed by atoms with Crippen molar-refractivity contribution in [2.75, 3.05) is 24.8 Å². The Morgan fingerprint density at radius 1 is 1.00 bits per heavy atom. The summed E-state index contributed by atoms with van der Waals surface area (Å²) in [7, 11) is -3.63. The van der Waals surface area contributed by atoms with Crippen LogP contribution in [0.5, 0.6) is 11.5 Å². The van der Waals surface area contributed by atoms with E-state index >= 15 is 0 Å². The molecule has 3 heterocycles. The van der Waals surface area contributed by atoms with Crippen molar-refractivity contribution in [1.29, 1.82) is 0 Å². The first-order valence-electron chi connectivity index (χ1n) is 10.1. The van der Waals surface area contributed by atoms with Crippen LogP contribution < -0.4 is 14.4 Å². The number of para-hydroxylation sites is 1. The van der Waals surface area contributed by atoms with E-state index in [-0.39, 0.29) is 23.6 Å². The monoisotopic (exact) mass is 428 g/mol. The number of carbonyl (C=O) groups is 1. The second-order valence-corrected chi connectivity index (χ2v) is 10.4. The number of rotatable bonds is 3. The van der Waals surface area contributed by atoms with E-state index in [2.05, 4.69) is 0 Å². The summed E-state index contributed by atoms with van der Waals surface area (Å²) >= 11 is 0. The number of sulfonamides is 1. The third-order valence-corrected chi connectivity index (χ3v) is 8.26. The Morgan fingerprint density at radius 3 is 2.47 bits per heavy atom.